The number of likely N-dealkylation sites (tertiary alicyclic amines) is 2. The Hall–Kier alpha value is -6.28. The number of urea groups is 1. The number of fused-ring (bicyclic) bond motifs is 4. The number of aromatic nitrogens is 2. The van der Waals surface area contributed by atoms with E-state index < -0.39 is 69.7 Å². The highest BCUT2D eigenvalue weighted by Crippen LogP contribution is 2.60. The lowest BCUT2D eigenvalue weighted by Crippen LogP contribution is -2.51. The Morgan fingerprint density at radius 3 is 2.33 bits per heavy atom. The molecule has 5 fully saturated rings. The molecule has 5 N–H and O–H groups in total. The van der Waals surface area contributed by atoms with Crippen LogP contribution in [-0.2, 0) is 22.2 Å². The number of aryl methyl sites for hydroxylation is 1. The first kappa shape index (κ1) is 51.8. The van der Waals surface area contributed by atoms with Gasteiger partial charge in [-0.05, 0) is 106 Å². The Bertz CT molecular complexity index is 3150. The first-order valence-corrected chi connectivity index (χ1v) is 26.7. The van der Waals surface area contributed by atoms with Gasteiger partial charge in [0.15, 0.2) is 28.8 Å². The molecule has 1 aromatic heterocycles. The van der Waals surface area contributed by atoms with Gasteiger partial charge in [-0.1, -0.05) is 48.9 Å². The van der Waals surface area contributed by atoms with Crippen LogP contribution in [0.25, 0.3) is 22.0 Å². The molecule has 15 nitrogen and oxygen atoms in total. The number of hydrogen-bond donors (Lipinski definition) is 4. The quantitative estimate of drug-likeness (QED) is 0.0792. The molecule has 2 aliphatic carbocycles. The van der Waals surface area contributed by atoms with Crippen LogP contribution >= 0.6 is 11.6 Å². The first-order chi connectivity index (χ1) is 36.5. The third-order valence-corrected chi connectivity index (χ3v) is 18.0. The van der Waals surface area contributed by atoms with Crippen molar-refractivity contribution in [1.82, 2.24) is 30.2 Å². The summed E-state index contributed by atoms with van der Waals surface area (Å²) in [6.07, 6.45) is 6.54. The number of piperidine rings is 2. The van der Waals surface area contributed by atoms with Gasteiger partial charge in [-0.15, -0.1) is 0 Å². The number of anilines is 1. The number of nitrogens with zero attached hydrogens (tertiary/aromatic N) is 5. The van der Waals surface area contributed by atoms with Gasteiger partial charge in [-0.2, -0.15) is 5.10 Å². The summed E-state index contributed by atoms with van der Waals surface area (Å²) in [5.74, 6) is -5.02. The van der Waals surface area contributed by atoms with Crippen molar-refractivity contribution in [2.75, 3.05) is 63.9 Å². The topological polar surface area (TPSA) is 185 Å². The minimum absolute atomic E-state index is 0.0342. The second kappa shape index (κ2) is 19.9. The minimum atomic E-state index is -1.17. The molecule has 2 bridgehead atoms. The number of imide groups is 1. The number of amides is 5. The maximum absolute atomic E-state index is 16.6. The summed E-state index contributed by atoms with van der Waals surface area (Å²) in [4.78, 5) is 57.5. The van der Waals surface area contributed by atoms with E-state index in [2.05, 4.69) is 20.6 Å². The molecule has 0 radical (unpaired) electrons. The van der Waals surface area contributed by atoms with Crippen LogP contribution in [0.4, 0.5) is 28.2 Å². The zero-order valence-electron chi connectivity index (χ0n) is 42.5. The van der Waals surface area contributed by atoms with E-state index in [1.807, 2.05) is 42.2 Å². The number of aliphatic hydroxyl groups excluding tert-OH is 1. The fourth-order valence-corrected chi connectivity index (χ4v) is 13.9. The zero-order chi connectivity index (χ0) is 53.4. The molecule has 76 heavy (non-hydrogen) atoms. The van der Waals surface area contributed by atoms with E-state index in [4.69, 9.17) is 26.8 Å². The summed E-state index contributed by atoms with van der Waals surface area (Å²) < 4.78 is 78.5. The van der Waals surface area contributed by atoms with Gasteiger partial charge in [-0.3, -0.25) is 29.3 Å². The Morgan fingerprint density at radius 1 is 0.921 bits per heavy atom. The summed E-state index contributed by atoms with van der Waals surface area (Å²) in [6, 6.07) is 13.8. The second-order valence-corrected chi connectivity index (χ2v) is 22.2. The molecule has 6 aliphatic rings. The Kier molecular flexibility index (Phi) is 13.6. The van der Waals surface area contributed by atoms with Crippen LogP contribution < -0.4 is 30.7 Å². The third kappa shape index (κ3) is 8.74. The molecule has 4 aromatic carbocycles. The van der Waals surface area contributed by atoms with Crippen LogP contribution in [0.15, 0.2) is 54.6 Å². The minimum Gasteiger partial charge on any atom is -0.488 e. The Labute approximate surface area is 442 Å². The predicted octanol–water partition coefficient (Wildman–Crippen LogP) is 8.17. The molecule has 4 aliphatic heterocycles. The van der Waals surface area contributed by atoms with Gasteiger partial charge in [0, 0.05) is 86.0 Å². The molecule has 5 amide bonds. The van der Waals surface area contributed by atoms with Gasteiger partial charge in [0.2, 0.25) is 17.7 Å². The van der Waals surface area contributed by atoms with E-state index in [0.29, 0.717) is 56.9 Å². The summed E-state index contributed by atoms with van der Waals surface area (Å²) in [5.41, 5.74) is 4.39. The van der Waals surface area contributed by atoms with E-state index in [1.54, 1.807) is 7.05 Å². The summed E-state index contributed by atoms with van der Waals surface area (Å²) in [6.45, 7) is 5.07. The molecule has 0 spiro atoms. The number of ether oxygens (including phenoxy) is 2. The lowest BCUT2D eigenvalue weighted by Gasteiger charge is -2.40. The number of halogens is 5. The standard InChI is InChI=1S/C56H61ClF4N8O7/c1-31-42-40(27-38(59)46(57)45(42)44-35(50(62)72)8-9-39(47(44)60)75-25-24-70)76-56(31,34-6-4-3-5-7-34)30-63-55-17-15-54(29-55,16-18-55)52(73)68-21-10-32(11-22-68)28-67-19-12-33(13-20-67)43-37(58)26-36-49(48(43)61)66(2)65-51(36)69-23-14-41(71)64-53(69)74/h3-9,26-27,31-33,63,70H,10-25,28-30H2,1-2H3,(H2,62,72)(H,64,71,74)/t31-,54?,55?,56-/m0/s1. The summed E-state index contributed by atoms with van der Waals surface area (Å²) in [5, 5.41) is 19.7. The lowest BCUT2D eigenvalue weighted by atomic mass is 9.77. The van der Waals surface area contributed by atoms with E-state index in [0.717, 1.165) is 50.6 Å². The van der Waals surface area contributed by atoms with Gasteiger partial charge in [-0.25, -0.2) is 22.4 Å². The molecular weight excluding hydrogens is 1010 g/mol. The van der Waals surface area contributed by atoms with Crippen LogP contribution in [0, 0.1) is 34.6 Å². The van der Waals surface area contributed by atoms with E-state index in [1.165, 1.54) is 33.8 Å². The van der Waals surface area contributed by atoms with E-state index >= 15 is 17.6 Å². The monoisotopic (exact) mass is 1070 g/mol. The van der Waals surface area contributed by atoms with E-state index in [-0.39, 0.29) is 94.0 Å². The van der Waals surface area contributed by atoms with Crippen molar-refractivity contribution < 1.29 is 51.3 Å². The molecule has 11 rings (SSSR count). The fourth-order valence-electron chi connectivity index (χ4n) is 13.7. The van der Waals surface area contributed by atoms with Crippen molar-refractivity contribution in [2.24, 2.45) is 24.1 Å². The molecular formula is C56H61ClF4N8O7. The molecule has 0 unspecified atom stereocenters. The fraction of sp³-hybridized carbons (Fsp3) is 0.482. The number of hydrogen-bond acceptors (Lipinski definition) is 10. The number of carbonyl (C=O) groups excluding carboxylic acids is 4. The number of nitrogens with one attached hydrogen (secondary N) is 2. The van der Waals surface area contributed by atoms with Crippen molar-refractivity contribution in [3.63, 3.8) is 0 Å². The van der Waals surface area contributed by atoms with Crippen LogP contribution in [-0.4, -0.2) is 113 Å². The normalized spacial score (nSPS) is 25.1. The number of primary amides is 1. The van der Waals surface area contributed by atoms with Crippen molar-refractivity contribution in [3.8, 4) is 22.6 Å². The molecule has 3 saturated heterocycles. The number of nitrogens with two attached hydrogens (primary N) is 1. The maximum Gasteiger partial charge on any atom is 0.329 e. The van der Waals surface area contributed by atoms with Crippen LogP contribution in [0.5, 0.6) is 11.5 Å². The molecule has 2 saturated carbocycles. The average molecular weight is 1070 g/mol. The van der Waals surface area contributed by atoms with Gasteiger partial charge in [0.25, 0.3) is 0 Å². The third-order valence-electron chi connectivity index (χ3n) is 17.7. The van der Waals surface area contributed by atoms with Gasteiger partial charge < -0.3 is 35.4 Å². The number of aliphatic hydroxyl groups is 1. The molecule has 2 atom stereocenters. The van der Waals surface area contributed by atoms with Crippen LogP contribution in [0.3, 0.4) is 0 Å². The van der Waals surface area contributed by atoms with Gasteiger partial charge in [0.1, 0.15) is 29.5 Å². The van der Waals surface area contributed by atoms with Crippen molar-refractivity contribution in [2.45, 2.75) is 94.1 Å². The van der Waals surface area contributed by atoms with Crippen LogP contribution in [0.1, 0.15) is 110 Å². The van der Waals surface area contributed by atoms with Crippen molar-refractivity contribution >= 4 is 52.1 Å². The summed E-state index contributed by atoms with van der Waals surface area (Å²) >= 11 is 6.76. The molecule has 5 heterocycles. The molecule has 20 heteroatoms. The largest absolute Gasteiger partial charge is 0.488 e. The predicted molar refractivity (Wildman–Crippen MR) is 275 cm³/mol. The molecule has 402 valence electrons. The second-order valence-electron chi connectivity index (χ2n) is 21.9. The zero-order valence-corrected chi connectivity index (χ0v) is 43.2. The highest BCUT2D eigenvalue weighted by atomic mass is 35.5. The highest BCUT2D eigenvalue weighted by Gasteiger charge is 2.60. The van der Waals surface area contributed by atoms with Gasteiger partial charge in [0.05, 0.1) is 28.0 Å². The smallest absolute Gasteiger partial charge is 0.329 e. The summed E-state index contributed by atoms with van der Waals surface area (Å²) in [7, 11) is 1.56. The van der Waals surface area contributed by atoms with Gasteiger partial charge >= 0.3 is 6.03 Å². The van der Waals surface area contributed by atoms with Crippen LogP contribution in [0.2, 0.25) is 5.02 Å². The first-order valence-electron chi connectivity index (χ1n) is 26.3. The average Bonchev–Trinajstić information content (AvgIpc) is 4.20. The SMILES string of the molecule is C[C@H]1c2c(cc(F)c(Cl)c2-c2c(C(N)=O)ccc(OCCO)c2F)O[C@]1(CNC12CCC(C(=O)N3CCC(CN4CCC(c5c(F)cc6c(N7CCC(=O)NC7=O)nn(C)c6c5F)CC4)CC3)(CC1)C2)c1ccccc1. The highest BCUT2D eigenvalue weighted by molar-refractivity contribution is 6.34. The Morgan fingerprint density at radius 2 is 1.64 bits per heavy atom. The number of rotatable bonds is 14. The molecule has 5 aromatic rings. The number of benzene rings is 4. The number of carbonyl (C=O) groups is 4. The van der Waals surface area contributed by atoms with E-state index in [9.17, 15) is 24.3 Å². The lowest BCUT2D eigenvalue weighted by molar-refractivity contribution is -0.143. The van der Waals surface area contributed by atoms with Crippen molar-refractivity contribution in [3.05, 3.63) is 105 Å². The maximum atomic E-state index is 16.6. The van der Waals surface area contributed by atoms with Crippen molar-refractivity contribution in [1.29, 1.82) is 0 Å². The Balaban J connectivity index is 0.737.